The van der Waals surface area contributed by atoms with Crippen molar-refractivity contribution >= 4 is 21.7 Å². The molecule has 2 rings (SSSR count). The maximum Gasteiger partial charge on any atom is 0.148 e. The first-order chi connectivity index (χ1) is 7.29. The summed E-state index contributed by atoms with van der Waals surface area (Å²) in [5.74, 6) is 0.943. The Labute approximate surface area is 97.8 Å². The van der Waals surface area contributed by atoms with Gasteiger partial charge in [-0.3, -0.25) is 4.98 Å². The van der Waals surface area contributed by atoms with Gasteiger partial charge in [0.2, 0.25) is 0 Å². The van der Waals surface area contributed by atoms with Crippen LogP contribution in [0.3, 0.4) is 0 Å². The zero-order valence-electron chi connectivity index (χ0n) is 8.69. The standard InChI is InChI=1S/C10H14BrN3O/c1-15-8-2-4-14(5-3-8)10-7-12-6-9(11)13-10/h6-8H,2-5H2,1H3. The number of nitrogens with zero attached hydrogens (tertiary/aromatic N) is 3. The molecule has 1 aromatic heterocycles. The molecule has 0 spiro atoms. The summed E-state index contributed by atoms with van der Waals surface area (Å²) in [6.07, 6.45) is 6.03. The first kappa shape index (κ1) is 10.8. The maximum atomic E-state index is 5.33. The number of hydrogen-bond acceptors (Lipinski definition) is 4. The lowest BCUT2D eigenvalue weighted by Crippen LogP contribution is -2.37. The molecule has 0 saturated carbocycles. The lowest BCUT2D eigenvalue weighted by atomic mass is 10.1. The van der Waals surface area contributed by atoms with Crippen LogP contribution in [0.4, 0.5) is 5.82 Å². The van der Waals surface area contributed by atoms with Gasteiger partial charge in [0.05, 0.1) is 18.5 Å². The van der Waals surface area contributed by atoms with Crippen molar-refractivity contribution in [1.29, 1.82) is 0 Å². The minimum Gasteiger partial charge on any atom is -0.381 e. The summed E-state index contributed by atoms with van der Waals surface area (Å²) >= 11 is 3.33. The predicted octanol–water partition coefficient (Wildman–Crippen LogP) is 1.85. The summed E-state index contributed by atoms with van der Waals surface area (Å²) in [7, 11) is 1.78. The third-order valence-electron chi connectivity index (χ3n) is 2.69. The quantitative estimate of drug-likeness (QED) is 0.823. The van der Waals surface area contributed by atoms with Crippen molar-refractivity contribution in [1.82, 2.24) is 9.97 Å². The van der Waals surface area contributed by atoms with Gasteiger partial charge in [-0.1, -0.05) is 0 Å². The summed E-state index contributed by atoms with van der Waals surface area (Å²) < 4.78 is 6.11. The zero-order valence-corrected chi connectivity index (χ0v) is 10.3. The summed E-state index contributed by atoms with van der Waals surface area (Å²) in [6.45, 7) is 1.98. The van der Waals surface area contributed by atoms with Gasteiger partial charge in [-0.15, -0.1) is 0 Å². The van der Waals surface area contributed by atoms with Crippen molar-refractivity contribution < 1.29 is 4.74 Å². The Hall–Kier alpha value is -0.680. The van der Waals surface area contributed by atoms with Crippen molar-refractivity contribution in [2.24, 2.45) is 0 Å². The summed E-state index contributed by atoms with van der Waals surface area (Å²) in [5, 5.41) is 0. The molecule has 0 aliphatic carbocycles. The molecule has 5 heteroatoms. The van der Waals surface area contributed by atoms with Crippen molar-refractivity contribution in [2.75, 3.05) is 25.1 Å². The van der Waals surface area contributed by atoms with Gasteiger partial charge in [0, 0.05) is 20.2 Å². The van der Waals surface area contributed by atoms with E-state index in [-0.39, 0.29) is 0 Å². The number of rotatable bonds is 2. The number of methoxy groups -OCH3 is 1. The van der Waals surface area contributed by atoms with Crippen LogP contribution in [0.2, 0.25) is 0 Å². The molecule has 15 heavy (non-hydrogen) atoms. The summed E-state index contributed by atoms with van der Waals surface area (Å²) in [5.41, 5.74) is 0. The first-order valence-electron chi connectivity index (χ1n) is 5.05. The highest BCUT2D eigenvalue weighted by Crippen LogP contribution is 2.19. The van der Waals surface area contributed by atoms with Crippen LogP contribution in [0.25, 0.3) is 0 Å². The molecule has 0 unspecified atom stereocenters. The Morgan fingerprint density at radius 2 is 2.13 bits per heavy atom. The largest absolute Gasteiger partial charge is 0.381 e. The SMILES string of the molecule is COC1CCN(c2cncc(Br)n2)CC1. The van der Waals surface area contributed by atoms with Gasteiger partial charge < -0.3 is 9.64 Å². The van der Waals surface area contributed by atoms with Gasteiger partial charge in [-0.05, 0) is 28.8 Å². The van der Waals surface area contributed by atoms with E-state index < -0.39 is 0 Å². The van der Waals surface area contributed by atoms with Crippen molar-refractivity contribution in [3.8, 4) is 0 Å². The van der Waals surface area contributed by atoms with Crippen LogP contribution in [-0.2, 0) is 4.74 Å². The second-order valence-electron chi connectivity index (χ2n) is 3.62. The molecular weight excluding hydrogens is 258 g/mol. The van der Waals surface area contributed by atoms with Crippen LogP contribution >= 0.6 is 15.9 Å². The summed E-state index contributed by atoms with van der Waals surface area (Å²) in [4.78, 5) is 10.7. The van der Waals surface area contributed by atoms with E-state index >= 15 is 0 Å². The van der Waals surface area contributed by atoms with Gasteiger partial charge in [0.25, 0.3) is 0 Å². The van der Waals surface area contributed by atoms with Crippen LogP contribution in [-0.4, -0.2) is 36.3 Å². The van der Waals surface area contributed by atoms with Crippen LogP contribution in [0.15, 0.2) is 17.0 Å². The number of anilines is 1. The van der Waals surface area contributed by atoms with Crippen molar-refractivity contribution in [3.05, 3.63) is 17.0 Å². The Morgan fingerprint density at radius 1 is 1.40 bits per heavy atom. The smallest absolute Gasteiger partial charge is 0.148 e. The summed E-state index contributed by atoms with van der Waals surface area (Å²) in [6, 6.07) is 0. The average molecular weight is 272 g/mol. The van der Waals surface area contributed by atoms with E-state index in [4.69, 9.17) is 4.74 Å². The normalized spacial score (nSPS) is 18.1. The third-order valence-corrected chi connectivity index (χ3v) is 3.07. The minimum atomic E-state index is 0.404. The highest BCUT2D eigenvalue weighted by molar-refractivity contribution is 9.10. The molecule has 0 radical (unpaired) electrons. The Kier molecular flexibility index (Phi) is 3.53. The maximum absolute atomic E-state index is 5.33. The fraction of sp³-hybridized carbons (Fsp3) is 0.600. The van der Waals surface area contributed by atoms with E-state index in [2.05, 4.69) is 30.8 Å². The monoisotopic (exact) mass is 271 g/mol. The molecule has 1 aromatic rings. The molecule has 0 amide bonds. The number of piperidine rings is 1. The zero-order chi connectivity index (χ0) is 10.7. The lowest BCUT2D eigenvalue weighted by Gasteiger charge is -2.31. The molecule has 1 saturated heterocycles. The fourth-order valence-corrected chi connectivity index (χ4v) is 2.11. The highest BCUT2D eigenvalue weighted by atomic mass is 79.9. The highest BCUT2D eigenvalue weighted by Gasteiger charge is 2.19. The van der Waals surface area contributed by atoms with E-state index in [0.717, 1.165) is 36.4 Å². The number of hydrogen-bond donors (Lipinski definition) is 0. The van der Waals surface area contributed by atoms with Gasteiger partial charge in [0.1, 0.15) is 10.4 Å². The molecule has 0 N–H and O–H groups in total. The fourth-order valence-electron chi connectivity index (χ4n) is 1.81. The Morgan fingerprint density at radius 3 is 2.73 bits per heavy atom. The van der Waals surface area contributed by atoms with Crippen molar-refractivity contribution in [3.63, 3.8) is 0 Å². The number of aromatic nitrogens is 2. The first-order valence-corrected chi connectivity index (χ1v) is 5.84. The second kappa shape index (κ2) is 4.90. The molecule has 2 heterocycles. The molecule has 0 atom stereocenters. The van der Waals surface area contributed by atoms with Crippen LogP contribution < -0.4 is 4.90 Å². The molecule has 1 fully saturated rings. The van der Waals surface area contributed by atoms with Gasteiger partial charge >= 0.3 is 0 Å². The molecule has 0 bridgehead atoms. The second-order valence-corrected chi connectivity index (χ2v) is 4.43. The predicted molar refractivity (Wildman–Crippen MR) is 62.0 cm³/mol. The van der Waals surface area contributed by atoms with E-state index in [1.165, 1.54) is 0 Å². The third kappa shape index (κ3) is 2.66. The van der Waals surface area contributed by atoms with Crippen LogP contribution in [0, 0.1) is 0 Å². The Bertz CT molecular complexity index is 326. The van der Waals surface area contributed by atoms with Gasteiger partial charge in [-0.2, -0.15) is 0 Å². The lowest BCUT2D eigenvalue weighted by molar-refractivity contribution is 0.0818. The van der Waals surface area contributed by atoms with E-state index in [1.54, 1.807) is 19.5 Å². The molecule has 4 nitrogen and oxygen atoms in total. The Balaban J connectivity index is 2.01. The molecule has 1 aliphatic heterocycles. The molecular formula is C10H14BrN3O. The van der Waals surface area contributed by atoms with E-state index in [0.29, 0.717) is 6.10 Å². The number of ether oxygens (including phenoxy) is 1. The molecule has 82 valence electrons. The topological polar surface area (TPSA) is 38.2 Å². The minimum absolute atomic E-state index is 0.404. The van der Waals surface area contributed by atoms with E-state index in [9.17, 15) is 0 Å². The molecule has 1 aliphatic rings. The van der Waals surface area contributed by atoms with Crippen LogP contribution in [0.1, 0.15) is 12.8 Å². The van der Waals surface area contributed by atoms with Crippen LogP contribution in [0.5, 0.6) is 0 Å². The van der Waals surface area contributed by atoms with E-state index in [1.807, 2.05) is 0 Å². The van der Waals surface area contributed by atoms with Gasteiger partial charge in [-0.25, -0.2) is 4.98 Å². The van der Waals surface area contributed by atoms with Crippen molar-refractivity contribution in [2.45, 2.75) is 18.9 Å². The van der Waals surface area contributed by atoms with Gasteiger partial charge in [0.15, 0.2) is 0 Å². The molecule has 0 aromatic carbocycles. The average Bonchev–Trinajstić information content (AvgIpc) is 2.29. The number of halogens is 1.